The summed E-state index contributed by atoms with van der Waals surface area (Å²) in [4.78, 5) is 0.288. The van der Waals surface area contributed by atoms with E-state index in [1.54, 1.807) is 0 Å². The fourth-order valence-corrected chi connectivity index (χ4v) is 2.39. The van der Waals surface area contributed by atoms with Gasteiger partial charge in [0.1, 0.15) is 3.78 Å². The van der Waals surface area contributed by atoms with Gasteiger partial charge >= 0.3 is 0 Å². The summed E-state index contributed by atoms with van der Waals surface area (Å²) in [6.45, 7) is 13.3. The van der Waals surface area contributed by atoms with Gasteiger partial charge in [-0.05, 0) is 27.7 Å². The van der Waals surface area contributed by atoms with E-state index in [0.29, 0.717) is 0 Å². The molecule has 94 valence electrons. The Bertz CT molecular complexity index is 158. The van der Waals surface area contributed by atoms with Crippen molar-refractivity contribution >= 4 is 43.5 Å². The van der Waals surface area contributed by atoms with Gasteiger partial charge in [0.2, 0.25) is 0 Å². The second kappa shape index (κ2) is 7.91. The van der Waals surface area contributed by atoms with E-state index in [0.717, 1.165) is 30.7 Å². The second-order valence-corrected chi connectivity index (χ2v) is 7.89. The zero-order valence-corrected chi connectivity index (χ0v) is 15.4. The highest BCUT2D eigenvalue weighted by Crippen LogP contribution is 2.33. The molecule has 0 saturated carbocycles. The number of alkyl halides is 3. The molecule has 15 heavy (non-hydrogen) atoms. The SMILES string of the molecule is CC[N+](CC)(CC)CC(Br)C(C)(Cl)Br.[Br-]. The molecule has 0 N–H and O–H groups in total. The number of hydrogen-bond acceptors (Lipinski definition) is 0. The Morgan fingerprint density at radius 1 is 1.20 bits per heavy atom. The van der Waals surface area contributed by atoms with Crippen molar-refractivity contribution in [2.45, 2.75) is 36.3 Å². The molecule has 0 aliphatic rings. The fourth-order valence-electron chi connectivity index (χ4n) is 1.56. The van der Waals surface area contributed by atoms with Crippen LogP contribution in [0.1, 0.15) is 27.7 Å². The van der Waals surface area contributed by atoms with Crippen molar-refractivity contribution in [3.05, 3.63) is 0 Å². The van der Waals surface area contributed by atoms with Crippen LogP contribution in [0.4, 0.5) is 0 Å². The third kappa shape index (κ3) is 6.25. The first kappa shape index (κ1) is 19.0. The second-order valence-electron chi connectivity index (χ2n) is 3.90. The van der Waals surface area contributed by atoms with Crippen LogP contribution in [0.2, 0.25) is 0 Å². The van der Waals surface area contributed by atoms with Gasteiger partial charge < -0.3 is 21.5 Å². The topological polar surface area (TPSA) is 0 Å². The molecule has 0 saturated heterocycles. The van der Waals surface area contributed by atoms with Crippen LogP contribution in [-0.4, -0.2) is 39.3 Å². The van der Waals surface area contributed by atoms with Crippen LogP contribution < -0.4 is 17.0 Å². The Balaban J connectivity index is 0. The lowest BCUT2D eigenvalue weighted by Gasteiger charge is -2.39. The van der Waals surface area contributed by atoms with Crippen LogP contribution in [0, 0.1) is 0 Å². The lowest BCUT2D eigenvalue weighted by Crippen LogP contribution is -3.00. The zero-order chi connectivity index (χ0) is 11.4. The van der Waals surface area contributed by atoms with Crippen molar-refractivity contribution in [3.8, 4) is 0 Å². The van der Waals surface area contributed by atoms with Gasteiger partial charge in [-0.3, -0.25) is 0 Å². The van der Waals surface area contributed by atoms with Crippen LogP contribution in [0.3, 0.4) is 0 Å². The first-order valence-corrected chi connectivity index (χ1v) is 7.27. The Morgan fingerprint density at radius 3 is 1.73 bits per heavy atom. The smallest absolute Gasteiger partial charge is 0.114 e. The molecule has 0 aromatic carbocycles. The average Bonchev–Trinajstić information content (AvgIpc) is 2.12. The normalized spacial score (nSPS) is 17.8. The maximum Gasteiger partial charge on any atom is 0.114 e. The number of halogens is 4. The van der Waals surface area contributed by atoms with Crippen molar-refractivity contribution in [2.24, 2.45) is 0 Å². The Kier molecular flexibility index (Phi) is 10.0. The predicted molar refractivity (Wildman–Crippen MR) is 72.7 cm³/mol. The van der Waals surface area contributed by atoms with Crippen LogP contribution in [0.5, 0.6) is 0 Å². The highest BCUT2D eigenvalue weighted by Gasteiger charge is 2.34. The standard InChI is InChI=1S/C10H21Br2ClN.BrH/c1-5-14(6-2,7-3)8-9(11)10(4,12)13;/h9H,5-8H2,1-4H3;1H/q+1;/p-1. The minimum Gasteiger partial charge on any atom is -1.00 e. The Labute approximate surface area is 127 Å². The molecule has 0 radical (unpaired) electrons. The van der Waals surface area contributed by atoms with Gasteiger partial charge in [0.15, 0.2) is 0 Å². The van der Waals surface area contributed by atoms with Crippen molar-refractivity contribution in [1.82, 2.24) is 0 Å². The summed E-state index contributed by atoms with van der Waals surface area (Å²) in [7, 11) is 0. The van der Waals surface area contributed by atoms with E-state index in [4.69, 9.17) is 11.6 Å². The lowest BCUT2D eigenvalue weighted by atomic mass is 10.2. The van der Waals surface area contributed by atoms with Crippen molar-refractivity contribution in [2.75, 3.05) is 26.2 Å². The molecule has 0 amide bonds. The number of hydrogen-bond donors (Lipinski definition) is 0. The number of rotatable bonds is 6. The third-order valence-corrected chi connectivity index (χ3v) is 6.01. The highest BCUT2D eigenvalue weighted by atomic mass is 79.9. The molecule has 1 nitrogen and oxygen atoms in total. The van der Waals surface area contributed by atoms with Gasteiger partial charge in [0, 0.05) is 0 Å². The van der Waals surface area contributed by atoms with E-state index < -0.39 is 0 Å². The van der Waals surface area contributed by atoms with Gasteiger partial charge in [-0.25, -0.2) is 0 Å². The molecule has 0 aromatic rings. The predicted octanol–water partition coefficient (Wildman–Crippen LogP) is 0.980. The molecule has 0 rings (SSSR count). The summed E-state index contributed by atoms with van der Waals surface area (Å²) in [6.07, 6.45) is 0. The zero-order valence-electron chi connectivity index (χ0n) is 9.86. The van der Waals surface area contributed by atoms with Crippen molar-refractivity contribution in [3.63, 3.8) is 0 Å². The first-order valence-electron chi connectivity index (χ1n) is 5.18. The Hall–Kier alpha value is 1.69. The Morgan fingerprint density at radius 2 is 1.53 bits per heavy atom. The number of quaternary nitrogens is 1. The largest absolute Gasteiger partial charge is 1.00 e. The summed E-state index contributed by atoms with van der Waals surface area (Å²) in [5, 5.41) is 0. The van der Waals surface area contributed by atoms with E-state index in [1.165, 1.54) is 0 Å². The molecule has 0 heterocycles. The molecule has 0 fully saturated rings. The fraction of sp³-hybridized carbons (Fsp3) is 1.00. The minimum atomic E-state index is -0.351. The van der Waals surface area contributed by atoms with Gasteiger partial charge in [-0.15, -0.1) is 11.6 Å². The van der Waals surface area contributed by atoms with Crippen molar-refractivity contribution < 1.29 is 21.5 Å². The monoisotopic (exact) mass is 427 g/mol. The number of nitrogens with zero attached hydrogens (tertiary/aromatic N) is 1. The molecule has 2 atom stereocenters. The van der Waals surface area contributed by atoms with E-state index >= 15 is 0 Å². The lowest BCUT2D eigenvalue weighted by molar-refractivity contribution is -0.922. The molecular formula is C10H21Br3ClN. The van der Waals surface area contributed by atoms with Gasteiger partial charge in [0.05, 0.1) is 31.0 Å². The van der Waals surface area contributed by atoms with Crippen LogP contribution in [-0.2, 0) is 0 Å². The highest BCUT2D eigenvalue weighted by molar-refractivity contribution is 9.13. The first-order chi connectivity index (χ1) is 6.31. The van der Waals surface area contributed by atoms with Crippen LogP contribution >= 0.6 is 43.5 Å². The maximum absolute atomic E-state index is 6.22. The summed E-state index contributed by atoms with van der Waals surface area (Å²) in [6, 6.07) is 0. The van der Waals surface area contributed by atoms with Gasteiger partial charge in [-0.1, -0.05) is 31.9 Å². The molecule has 0 bridgehead atoms. The van der Waals surface area contributed by atoms with E-state index in [2.05, 4.69) is 52.6 Å². The quantitative estimate of drug-likeness (QED) is 0.436. The molecule has 0 aliphatic carbocycles. The molecular weight excluding hydrogens is 409 g/mol. The van der Waals surface area contributed by atoms with Gasteiger partial charge in [-0.2, -0.15) is 0 Å². The molecule has 5 heteroatoms. The van der Waals surface area contributed by atoms with Gasteiger partial charge in [0.25, 0.3) is 0 Å². The maximum atomic E-state index is 6.22. The third-order valence-electron chi connectivity index (χ3n) is 3.11. The molecule has 0 aromatic heterocycles. The average molecular weight is 430 g/mol. The molecule has 2 unspecified atom stereocenters. The van der Waals surface area contributed by atoms with Crippen LogP contribution in [0.15, 0.2) is 0 Å². The summed E-state index contributed by atoms with van der Waals surface area (Å²) in [5.74, 6) is 0. The van der Waals surface area contributed by atoms with E-state index in [9.17, 15) is 0 Å². The van der Waals surface area contributed by atoms with Crippen molar-refractivity contribution in [1.29, 1.82) is 0 Å². The summed E-state index contributed by atoms with van der Waals surface area (Å²) in [5.41, 5.74) is 0. The summed E-state index contributed by atoms with van der Waals surface area (Å²) >= 11 is 13.4. The molecule has 0 spiro atoms. The summed E-state index contributed by atoms with van der Waals surface area (Å²) < 4.78 is 0.764. The van der Waals surface area contributed by atoms with E-state index in [1.807, 2.05) is 6.92 Å². The molecule has 0 aliphatic heterocycles. The van der Waals surface area contributed by atoms with Crippen LogP contribution in [0.25, 0.3) is 0 Å². The minimum absolute atomic E-state index is 0. The van der Waals surface area contributed by atoms with E-state index in [-0.39, 0.29) is 25.6 Å².